The van der Waals surface area contributed by atoms with E-state index in [2.05, 4.69) is 24.3 Å². The summed E-state index contributed by atoms with van der Waals surface area (Å²) in [5.41, 5.74) is 4.18. The molecule has 0 bridgehead atoms. The molecule has 2 nitrogen and oxygen atoms in total. The fraction of sp³-hybridized carbons (Fsp3) is 0.364. The van der Waals surface area contributed by atoms with Gasteiger partial charge >= 0.3 is 0 Å². The summed E-state index contributed by atoms with van der Waals surface area (Å²) in [7, 11) is 0. The number of carbonyl (C=O) groups is 2. The Morgan fingerprint density at radius 1 is 0.583 bits per heavy atom. The number of hydrogen-bond acceptors (Lipinski definition) is 2. The van der Waals surface area contributed by atoms with Crippen LogP contribution in [0.15, 0.2) is 48.5 Å². The molecule has 0 saturated carbocycles. The Hall–Kier alpha value is -2.22. The predicted molar refractivity (Wildman–Crippen MR) is 98.8 cm³/mol. The minimum atomic E-state index is 0.123. The number of rotatable bonds is 9. The maximum Gasteiger partial charge on any atom is 0.159 e. The van der Waals surface area contributed by atoms with Gasteiger partial charge in [-0.15, -0.1) is 0 Å². The van der Waals surface area contributed by atoms with Crippen LogP contribution in [0.3, 0.4) is 0 Å². The smallest absolute Gasteiger partial charge is 0.159 e. The van der Waals surface area contributed by atoms with Gasteiger partial charge in [0.15, 0.2) is 11.6 Å². The van der Waals surface area contributed by atoms with Gasteiger partial charge in [0.1, 0.15) is 0 Å². The van der Waals surface area contributed by atoms with Crippen LogP contribution in [0.25, 0.3) is 0 Å². The molecule has 0 aromatic heterocycles. The van der Waals surface area contributed by atoms with Crippen LogP contribution in [0.4, 0.5) is 0 Å². The van der Waals surface area contributed by atoms with Crippen LogP contribution in [0.1, 0.15) is 71.4 Å². The number of hydrogen-bond donors (Lipinski definition) is 0. The van der Waals surface area contributed by atoms with Crippen molar-refractivity contribution in [3.05, 3.63) is 70.8 Å². The van der Waals surface area contributed by atoms with Crippen molar-refractivity contribution in [2.45, 2.75) is 52.4 Å². The van der Waals surface area contributed by atoms with Gasteiger partial charge in [-0.1, -0.05) is 61.4 Å². The van der Waals surface area contributed by atoms with Crippen LogP contribution >= 0.6 is 0 Å². The SMILES string of the molecule is CC(=O)c1ccc(CCCCCCc2ccc(C(C)=O)cc2)cc1. The zero-order valence-electron chi connectivity index (χ0n) is 14.7. The zero-order chi connectivity index (χ0) is 17.4. The van der Waals surface area contributed by atoms with Crippen molar-refractivity contribution in [3.63, 3.8) is 0 Å². The van der Waals surface area contributed by atoms with Gasteiger partial charge < -0.3 is 0 Å². The molecule has 0 aliphatic heterocycles. The summed E-state index contributed by atoms with van der Waals surface area (Å²) in [6.07, 6.45) is 6.96. The first-order chi connectivity index (χ1) is 11.6. The molecule has 2 aromatic rings. The van der Waals surface area contributed by atoms with Gasteiger partial charge in [0.05, 0.1) is 0 Å². The fourth-order valence-electron chi connectivity index (χ4n) is 2.82. The molecule has 0 radical (unpaired) electrons. The van der Waals surface area contributed by atoms with Crippen molar-refractivity contribution in [1.29, 1.82) is 0 Å². The second-order valence-electron chi connectivity index (χ2n) is 6.42. The van der Waals surface area contributed by atoms with E-state index in [1.165, 1.54) is 36.8 Å². The van der Waals surface area contributed by atoms with Crippen LogP contribution < -0.4 is 0 Å². The van der Waals surface area contributed by atoms with E-state index in [0.29, 0.717) is 0 Å². The Balaban J connectivity index is 1.62. The molecular weight excluding hydrogens is 296 g/mol. The van der Waals surface area contributed by atoms with E-state index >= 15 is 0 Å². The average Bonchev–Trinajstić information content (AvgIpc) is 2.58. The predicted octanol–water partition coefficient (Wildman–Crippen LogP) is 5.44. The molecule has 0 saturated heterocycles. The molecule has 0 spiro atoms. The highest BCUT2D eigenvalue weighted by Crippen LogP contribution is 2.13. The minimum Gasteiger partial charge on any atom is -0.295 e. The number of unbranched alkanes of at least 4 members (excludes halogenated alkanes) is 3. The summed E-state index contributed by atoms with van der Waals surface area (Å²) in [4.78, 5) is 22.5. The van der Waals surface area contributed by atoms with Gasteiger partial charge in [-0.2, -0.15) is 0 Å². The van der Waals surface area contributed by atoms with Crippen molar-refractivity contribution < 1.29 is 9.59 Å². The highest BCUT2D eigenvalue weighted by Gasteiger charge is 2.01. The van der Waals surface area contributed by atoms with E-state index in [1.54, 1.807) is 13.8 Å². The van der Waals surface area contributed by atoms with Crippen LogP contribution in [0, 0.1) is 0 Å². The summed E-state index contributed by atoms with van der Waals surface area (Å²) in [6, 6.07) is 15.9. The first-order valence-electron chi connectivity index (χ1n) is 8.76. The van der Waals surface area contributed by atoms with Crippen LogP contribution in [0.2, 0.25) is 0 Å². The quantitative estimate of drug-likeness (QED) is 0.455. The maximum atomic E-state index is 11.2. The van der Waals surface area contributed by atoms with Gasteiger partial charge in [0.2, 0.25) is 0 Å². The largest absolute Gasteiger partial charge is 0.295 e. The molecule has 0 heterocycles. The summed E-state index contributed by atoms with van der Waals surface area (Å²) < 4.78 is 0. The normalized spacial score (nSPS) is 10.6. The molecule has 24 heavy (non-hydrogen) atoms. The van der Waals surface area contributed by atoms with E-state index in [9.17, 15) is 9.59 Å². The molecule has 0 unspecified atom stereocenters. The van der Waals surface area contributed by atoms with Crippen LogP contribution in [-0.4, -0.2) is 11.6 Å². The van der Waals surface area contributed by atoms with Crippen molar-refractivity contribution in [2.75, 3.05) is 0 Å². The van der Waals surface area contributed by atoms with E-state index in [-0.39, 0.29) is 11.6 Å². The minimum absolute atomic E-state index is 0.123. The van der Waals surface area contributed by atoms with Gasteiger partial charge in [0.25, 0.3) is 0 Å². The molecule has 0 N–H and O–H groups in total. The topological polar surface area (TPSA) is 34.1 Å². The lowest BCUT2D eigenvalue weighted by Crippen LogP contribution is -1.94. The Bertz CT molecular complexity index is 605. The highest BCUT2D eigenvalue weighted by molar-refractivity contribution is 5.94. The molecule has 2 aromatic carbocycles. The van der Waals surface area contributed by atoms with E-state index < -0.39 is 0 Å². The Kier molecular flexibility index (Phi) is 6.92. The molecular formula is C22H26O2. The van der Waals surface area contributed by atoms with E-state index in [1.807, 2.05) is 24.3 Å². The van der Waals surface area contributed by atoms with Crippen molar-refractivity contribution in [1.82, 2.24) is 0 Å². The summed E-state index contributed by atoms with van der Waals surface area (Å²) in [5.74, 6) is 0.246. The Labute approximate surface area is 144 Å². The third-order valence-corrected chi connectivity index (χ3v) is 4.40. The third kappa shape index (κ3) is 5.77. The third-order valence-electron chi connectivity index (χ3n) is 4.40. The summed E-state index contributed by atoms with van der Waals surface area (Å²) in [5, 5.41) is 0. The van der Waals surface area contributed by atoms with Crippen molar-refractivity contribution in [2.24, 2.45) is 0 Å². The number of benzene rings is 2. The second-order valence-corrected chi connectivity index (χ2v) is 6.42. The van der Waals surface area contributed by atoms with Crippen molar-refractivity contribution in [3.8, 4) is 0 Å². The zero-order valence-corrected chi connectivity index (χ0v) is 14.7. The van der Waals surface area contributed by atoms with Gasteiger partial charge in [-0.05, 0) is 50.7 Å². The molecule has 0 amide bonds. The molecule has 2 rings (SSSR count). The molecule has 0 atom stereocenters. The first kappa shape index (κ1) is 18.1. The monoisotopic (exact) mass is 322 g/mol. The van der Waals surface area contributed by atoms with Crippen molar-refractivity contribution >= 4 is 11.6 Å². The number of carbonyl (C=O) groups excluding carboxylic acids is 2. The Morgan fingerprint density at radius 3 is 1.21 bits per heavy atom. The fourth-order valence-corrected chi connectivity index (χ4v) is 2.82. The lowest BCUT2D eigenvalue weighted by atomic mass is 10.0. The number of Topliss-reactive ketones (excluding diaryl/α,β-unsaturated/α-hetero) is 2. The lowest BCUT2D eigenvalue weighted by molar-refractivity contribution is 0.100. The number of ketones is 2. The second kappa shape index (κ2) is 9.17. The molecule has 2 heteroatoms. The molecule has 0 aliphatic carbocycles. The first-order valence-corrected chi connectivity index (χ1v) is 8.76. The highest BCUT2D eigenvalue weighted by atomic mass is 16.1. The summed E-state index contributed by atoms with van der Waals surface area (Å²) >= 11 is 0. The number of aryl methyl sites for hydroxylation is 2. The average molecular weight is 322 g/mol. The molecule has 0 aliphatic rings. The Morgan fingerprint density at radius 2 is 0.917 bits per heavy atom. The van der Waals surface area contributed by atoms with Gasteiger partial charge in [-0.3, -0.25) is 9.59 Å². The van der Waals surface area contributed by atoms with Crippen LogP contribution in [-0.2, 0) is 12.8 Å². The standard InChI is InChI=1S/C22H26O2/c1-17(23)21-13-9-19(10-14-21)7-5-3-4-6-8-20-11-15-22(16-12-20)18(2)24/h9-16H,3-8H2,1-2H3. The van der Waals surface area contributed by atoms with Gasteiger partial charge in [-0.25, -0.2) is 0 Å². The van der Waals surface area contributed by atoms with E-state index in [4.69, 9.17) is 0 Å². The van der Waals surface area contributed by atoms with Crippen LogP contribution in [0.5, 0.6) is 0 Å². The molecule has 0 fully saturated rings. The maximum absolute atomic E-state index is 11.2. The summed E-state index contributed by atoms with van der Waals surface area (Å²) in [6.45, 7) is 3.20. The van der Waals surface area contributed by atoms with E-state index in [0.717, 1.165) is 24.0 Å². The van der Waals surface area contributed by atoms with Gasteiger partial charge in [0, 0.05) is 11.1 Å². The lowest BCUT2D eigenvalue weighted by Gasteiger charge is -2.04. The molecule has 126 valence electrons.